The summed E-state index contributed by atoms with van der Waals surface area (Å²) in [7, 11) is 1.84. The molecule has 0 atom stereocenters. The van der Waals surface area contributed by atoms with Crippen LogP contribution in [0.3, 0.4) is 0 Å². The lowest BCUT2D eigenvalue weighted by atomic mass is 10.3. The van der Waals surface area contributed by atoms with Gasteiger partial charge in [-0.15, -0.1) is 0 Å². The average Bonchev–Trinajstić information content (AvgIpc) is 2.46. The molecule has 0 spiro atoms. The quantitative estimate of drug-likeness (QED) is 0.752. The van der Waals surface area contributed by atoms with Crippen LogP contribution in [-0.2, 0) is 13.6 Å². The summed E-state index contributed by atoms with van der Waals surface area (Å²) in [4.78, 5) is 1.93. The Kier molecular flexibility index (Phi) is 5.21. The Bertz CT molecular complexity index is 335. The number of aliphatic hydroxyl groups excluding tert-OH is 2. The van der Waals surface area contributed by atoms with E-state index < -0.39 is 0 Å². The molecule has 0 bridgehead atoms. The van der Waals surface area contributed by atoms with Crippen molar-refractivity contribution in [1.82, 2.24) is 14.7 Å². The molecule has 6 heteroatoms. The van der Waals surface area contributed by atoms with Crippen molar-refractivity contribution in [3.05, 3.63) is 16.4 Å². The maximum Gasteiger partial charge on any atom is 0.0860 e. The van der Waals surface area contributed by atoms with Gasteiger partial charge in [0.25, 0.3) is 0 Å². The summed E-state index contributed by atoms with van der Waals surface area (Å²) in [6.45, 7) is 3.59. The average molecular weight is 248 g/mol. The standard InChI is InChI=1S/C10H18ClN3O2/c1-8-10(11)9(13(2)12-8)7-14(3-5-15)4-6-16/h15-16H,3-7H2,1-2H3. The van der Waals surface area contributed by atoms with E-state index in [4.69, 9.17) is 21.8 Å². The molecule has 5 nitrogen and oxygen atoms in total. The van der Waals surface area contributed by atoms with Gasteiger partial charge in [-0.2, -0.15) is 5.10 Å². The van der Waals surface area contributed by atoms with Crippen LogP contribution in [0, 0.1) is 6.92 Å². The first kappa shape index (κ1) is 13.4. The summed E-state index contributed by atoms with van der Waals surface area (Å²) < 4.78 is 1.74. The molecule has 0 saturated heterocycles. The number of halogens is 1. The highest BCUT2D eigenvalue weighted by atomic mass is 35.5. The minimum atomic E-state index is 0.0639. The van der Waals surface area contributed by atoms with Crippen LogP contribution in [0.5, 0.6) is 0 Å². The molecule has 0 radical (unpaired) electrons. The van der Waals surface area contributed by atoms with E-state index in [-0.39, 0.29) is 13.2 Å². The fourth-order valence-electron chi connectivity index (χ4n) is 1.62. The minimum Gasteiger partial charge on any atom is -0.395 e. The molecular formula is C10H18ClN3O2. The Balaban J connectivity index is 2.76. The highest BCUT2D eigenvalue weighted by molar-refractivity contribution is 6.31. The zero-order chi connectivity index (χ0) is 12.1. The van der Waals surface area contributed by atoms with Crippen LogP contribution in [0.2, 0.25) is 5.02 Å². The van der Waals surface area contributed by atoms with Gasteiger partial charge < -0.3 is 10.2 Å². The van der Waals surface area contributed by atoms with Crippen molar-refractivity contribution in [1.29, 1.82) is 0 Å². The number of hydrogen-bond donors (Lipinski definition) is 2. The molecule has 1 heterocycles. The first-order valence-corrected chi connectivity index (χ1v) is 5.60. The number of nitrogens with zero attached hydrogens (tertiary/aromatic N) is 3. The summed E-state index contributed by atoms with van der Waals surface area (Å²) in [5.74, 6) is 0. The predicted octanol–water partition coefficient (Wildman–Crippen LogP) is 0.169. The van der Waals surface area contributed by atoms with Gasteiger partial charge in [0.1, 0.15) is 0 Å². The summed E-state index contributed by atoms with van der Waals surface area (Å²) in [6, 6.07) is 0. The Morgan fingerprint density at radius 3 is 2.25 bits per heavy atom. The van der Waals surface area contributed by atoms with Gasteiger partial charge in [0.05, 0.1) is 29.6 Å². The first-order valence-electron chi connectivity index (χ1n) is 5.22. The number of aliphatic hydroxyl groups is 2. The molecule has 0 aromatic carbocycles. The summed E-state index contributed by atoms with van der Waals surface area (Å²) in [5.41, 5.74) is 1.70. The Morgan fingerprint density at radius 1 is 1.31 bits per heavy atom. The molecule has 0 aliphatic carbocycles. The van der Waals surface area contributed by atoms with Crippen molar-refractivity contribution < 1.29 is 10.2 Å². The lowest BCUT2D eigenvalue weighted by Gasteiger charge is -2.20. The molecule has 1 aromatic rings. The second-order valence-electron chi connectivity index (χ2n) is 3.69. The smallest absolute Gasteiger partial charge is 0.0860 e. The van der Waals surface area contributed by atoms with Gasteiger partial charge in [0.15, 0.2) is 0 Å². The van der Waals surface area contributed by atoms with Crippen molar-refractivity contribution in [2.75, 3.05) is 26.3 Å². The van der Waals surface area contributed by atoms with Crippen LogP contribution < -0.4 is 0 Å². The third-order valence-corrected chi connectivity index (χ3v) is 2.96. The summed E-state index contributed by atoms with van der Waals surface area (Å²) in [6.07, 6.45) is 0. The molecule has 1 aromatic heterocycles. The van der Waals surface area contributed by atoms with Crippen molar-refractivity contribution >= 4 is 11.6 Å². The van der Waals surface area contributed by atoms with Crippen molar-refractivity contribution in [3.63, 3.8) is 0 Å². The summed E-state index contributed by atoms with van der Waals surface area (Å²) in [5, 5.41) is 22.7. The van der Waals surface area contributed by atoms with Gasteiger partial charge in [-0.25, -0.2) is 0 Å². The van der Waals surface area contributed by atoms with Crippen LogP contribution in [0.25, 0.3) is 0 Å². The van der Waals surface area contributed by atoms with Crippen molar-refractivity contribution in [2.45, 2.75) is 13.5 Å². The van der Waals surface area contributed by atoms with E-state index in [1.54, 1.807) is 4.68 Å². The molecule has 0 aliphatic rings. The van der Waals surface area contributed by atoms with E-state index in [9.17, 15) is 0 Å². The molecule has 16 heavy (non-hydrogen) atoms. The van der Waals surface area contributed by atoms with E-state index in [0.717, 1.165) is 11.4 Å². The van der Waals surface area contributed by atoms with Gasteiger partial charge >= 0.3 is 0 Å². The second kappa shape index (κ2) is 6.20. The zero-order valence-corrected chi connectivity index (χ0v) is 10.4. The molecule has 0 saturated carbocycles. The number of aromatic nitrogens is 2. The zero-order valence-electron chi connectivity index (χ0n) is 9.65. The van der Waals surface area contributed by atoms with Gasteiger partial charge in [-0.05, 0) is 6.92 Å². The van der Waals surface area contributed by atoms with Crippen LogP contribution in [0.4, 0.5) is 0 Å². The first-order chi connectivity index (χ1) is 7.60. The molecule has 0 fully saturated rings. The van der Waals surface area contributed by atoms with E-state index >= 15 is 0 Å². The topological polar surface area (TPSA) is 61.5 Å². The highest BCUT2D eigenvalue weighted by Crippen LogP contribution is 2.20. The van der Waals surface area contributed by atoms with Crippen molar-refractivity contribution in [3.8, 4) is 0 Å². The fraction of sp³-hybridized carbons (Fsp3) is 0.700. The van der Waals surface area contributed by atoms with Gasteiger partial charge in [-0.3, -0.25) is 9.58 Å². The van der Waals surface area contributed by atoms with Crippen LogP contribution >= 0.6 is 11.6 Å². The van der Waals surface area contributed by atoms with E-state index in [1.807, 2.05) is 18.9 Å². The SMILES string of the molecule is Cc1nn(C)c(CN(CCO)CCO)c1Cl. The monoisotopic (exact) mass is 247 g/mol. The maximum absolute atomic E-state index is 8.91. The second-order valence-corrected chi connectivity index (χ2v) is 4.07. The van der Waals surface area contributed by atoms with Crippen LogP contribution in [0.15, 0.2) is 0 Å². The summed E-state index contributed by atoms with van der Waals surface area (Å²) >= 11 is 6.12. The third kappa shape index (κ3) is 3.18. The third-order valence-electron chi connectivity index (χ3n) is 2.47. The van der Waals surface area contributed by atoms with Crippen LogP contribution in [0.1, 0.15) is 11.4 Å². The number of aryl methyl sites for hydroxylation is 2. The molecular weight excluding hydrogens is 230 g/mol. The van der Waals surface area contributed by atoms with Gasteiger partial charge in [0, 0.05) is 26.7 Å². The molecule has 2 N–H and O–H groups in total. The normalized spacial score (nSPS) is 11.4. The largest absolute Gasteiger partial charge is 0.395 e. The molecule has 1 rings (SSSR count). The molecule has 0 unspecified atom stereocenters. The fourth-order valence-corrected chi connectivity index (χ4v) is 1.84. The Hall–Kier alpha value is -0.620. The molecule has 92 valence electrons. The lowest BCUT2D eigenvalue weighted by molar-refractivity contribution is 0.153. The maximum atomic E-state index is 8.91. The molecule has 0 amide bonds. The number of rotatable bonds is 6. The van der Waals surface area contributed by atoms with Gasteiger partial charge in [-0.1, -0.05) is 11.6 Å². The van der Waals surface area contributed by atoms with E-state index in [1.165, 1.54) is 0 Å². The Labute approximate surface area is 100 Å². The lowest BCUT2D eigenvalue weighted by Crippen LogP contribution is -2.30. The Morgan fingerprint density at radius 2 is 1.88 bits per heavy atom. The predicted molar refractivity (Wildman–Crippen MR) is 62.4 cm³/mol. The van der Waals surface area contributed by atoms with Crippen molar-refractivity contribution in [2.24, 2.45) is 7.05 Å². The molecule has 0 aliphatic heterocycles. The van der Waals surface area contributed by atoms with Crippen LogP contribution in [-0.4, -0.2) is 51.2 Å². The van der Waals surface area contributed by atoms with Gasteiger partial charge in [0.2, 0.25) is 0 Å². The van der Waals surface area contributed by atoms with E-state index in [0.29, 0.717) is 24.7 Å². The highest BCUT2D eigenvalue weighted by Gasteiger charge is 2.14. The van der Waals surface area contributed by atoms with E-state index in [2.05, 4.69) is 5.10 Å². The number of hydrogen-bond acceptors (Lipinski definition) is 4. The minimum absolute atomic E-state index is 0.0639.